The largest absolute Gasteiger partial charge is 0.503 e. The molecule has 1 atom stereocenters. The van der Waals surface area contributed by atoms with E-state index in [4.69, 9.17) is 4.74 Å². The second-order valence-electron chi connectivity index (χ2n) is 7.74. The van der Waals surface area contributed by atoms with Crippen LogP contribution in [0.1, 0.15) is 38.9 Å². The Labute approximate surface area is 193 Å². The van der Waals surface area contributed by atoms with Crippen molar-refractivity contribution in [1.29, 1.82) is 0 Å². The number of aromatic hydroxyl groups is 1. The van der Waals surface area contributed by atoms with Crippen molar-refractivity contribution >= 4 is 11.8 Å². The maximum Gasteiger partial charge on any atom is 0.406 e. The molecule has 190 valence electrons. The van der Waals surface area contributed by atoms with Crippen LogP contribution in [0, 0.1) is 17.5 Å². The van der Waals surface area contributed by atoms with Gasteiger partial charge >= 0.3 is 6.18 Å². The lowest BCUT2D eigenvalue weighted by Gasteiger charge is -2.36. The van der Waals surface area contributed by atoms with Crippen LogP contribution in [0.25, 0.3) is 0 Å². The van der Waals surface area contributed by atoms with Crippen molar-refractivity contribution in [1.82, 2.24) is 14.8 Å². The number of halogens is 6. The zero-order valence-electron chi connectivity index (χ0n) is 18.1. The summed E-state index contributed by atoms with van der Waals surface area (Å²) < 4.78 is 85.5. The molecule has 35 heavy (non-hydrogen) atoms. The van der Waals surface area contributed by atoms with Crippen LogP contribution in [0.2, 0.25) is 0 Å². The Bertz CT molecular complexity index is 1190. The Kier molecular flexibility index (Phi) is 7.43. The summed E-state index contributed by atoms with van der Waals surface area (Å²) in [6.45, 7) is -2.83. The molecular formula is C21H19F6N3O5. The molecule has 1 aliphatic rings. The minimum absolute atomic E-state index is 0.0374. The van der Waals surface area contributed by atoms with E-state index in [9.17, 15) is 45.8 Å². The molecule has 0 saturated heterocycles. The molecule has 2 N–H and O–H groups in total. The van der Waals surface area contributed by atoms with Gasteiger partial charge in [0.1, 0.15) is 29.6 Å². The van der Waals surface area contributed by atoms with Crippen LogP contribution in [0.3, 0.4) is 0 Å². The highest BCUT2D eigenvalue weighted by molar-refractivity contribution is 5.99. The molecule has 0 radical (unpaired) electrons. The van der Waals surface area contributed by atoms with E-state index in [2.05, 4.69) is 5.32 Å². The summed E-state index contributed by atoms with van der Waals surface area (Å²) in [6, 6.07) is -0.124. The summed E-state index contributed by atoms with van der Waals surface area (Å²) in [5.74, 6) is -7.48. The molecule has 2 aromatic rings. The lowest BCUT2D eigenvalue weighted by molar-refractivity contribution is -0.142. The Morgan fingerprint density at radius 2 is 1.83 bits per heavy atom. The van der Waals surface area contributed by atoms with Gasteiger partial charge in [-0.2, -0.15) is 13.2 Å². The number of amides is 2. The van der Waals surface area contributed by atoms with Crippen molar-refractivity contribution < 1.29 is 45.8 Å². The van der Waals surface area contributed by atoms with Crippen LogP contribution in [0.5, 0.6) is 5.75 Å². The summed E-state index contributed by atoms with van der Waals surface area (Å²) >= 11 is 0. The van der Waals surface area contributed by atoms with Gasteiger partial charge in [0.2, 0.25) is 5.43 Å². The molecule has 1 aromatic carbocycles. The van der Waals surface area contributed by atoms with Gasteiger partial charge in [0, 0.05) is 50.7 Å². The van der Waals surface area contributed by atoms with Gasteiger partial charge in [-0.25, -0.2) is 13.2 Å². The fraction of sp³-hybridized carbons (Fsp3) is 0.381. The van der Waals surface area contributed by atoms with Crippen molar-refractivity contribution in [3.8, 4) is 5.75 Å². The fourth-order valence-corrected chi connectivity index (χ4v) is 3.70. The number of benzene rings is 1. The van der Waals surface area contributed by atoms with Crippen LogP contribution in [0.15, 0.2) is 23.1 Å². The highest BCUT2D eigenvalue weighted by Crippen LogP contribution is 2.30. The number of ether oxygens (including phenoxy) is 1. The summed E-state index contributed by atoms with van der Waals surface area (Å²) in [5.41, 5.74) is -3.54. The lowest BCUT2D eigenvalue weighted by Crippen LogP contribution is -2.48. The predicted octanol–water partition coefficient (Wildman–Crippen LogP) is 2.50. The van der Waals surface area contributed by atoms with Crippen LogP contribution in [-0.4, -0.2) is 59.4 Å². The molecular weight excluding hydrogens is 488 g/mol. The average Bonchev–Trinajstić information content (AvgIpc) is 2.74. The number of nitrogens with one attached hydrogen (secondary N) is 1. The molecule has 3 rings (SSSR count). The third-order valence-corrected chi connectivity index (χ3v) is 5.33. The maximum atomic E-state index is 13.8. The monoisotopic (exact) mass is 507 g/mol. The first-order valence-electron chi connectivity index (χ1n) is 10.1. The second kappa shape index (κ2) is 9.98. The summed E-state index contributed by atoms with van der Waals surface area (Å²) in [7, 11) is 1.33. The van der Waals surface area contributed by atoms with Crippen LogP contribution < -0.4 is 10.7 Å². The first-order valence-corrected chi connectivity index (χ1v) is 10.1. The van der Waals surface area contributed by atoms with Crippen molar-refractivity contribution in [2.24, 2.45) is 0 Å². The first kappa shape index (κ1) is 26.1. The molecule has 2 amide bonds. The van der Waals surface area contributed by atoms with Crippen molar-refractivity contribution in [2.45, 2.75) is 25.2 Å². The van der Waals surface area contributed by atoms with Gasteiger partial charge in [0.05, 0.1) is 6.04 Å². The van der Waals surface area contributed by atoms with E-state index < -0.39 is 89.1 Å². The van der Waals surface area contributed by atoms with E-state index in [1.807, 2.05) is 0 Å². The second-order valence-corrected chi connectivity index (χ2v) is 7.74. The Morgan fingerprint density at radius 1 is 1.20 bits per heavy atom. The van der Waals surface area contributed by atoms with E-state index in [-0.39, 0.29) is 13.0 Å². The molecule has 2 heterocycles. The van der Waals surface area contributed by atoms with Crippen molar-refractivity contribution in [3.63, 3.8) is 0 Å². The van der Waals surface area contributed by atoms with Crippen molar-refractivity contribution in [3.05, 3.63) is 62.8 Å². The SMILES string of the molecule is COCC[C@@H]1CN(CC(F)(F)F)C(=O)c2c(O)c(=O)c(C(=O)NCc3c(F)cc(F)cc3F)cn21. The normalized spacial score (nSPS) is 15.8. The van der Waals surface area contributed by atoms with E-state index in [0.717, 1.165) is 10.8 Å². The highest BCUT2D eigenvalue weighted by Gasteiger charge is 2.40. The van der Waals surface area contributed by atoms with Crippen molar-refractivity contribution in [2.75, 3.05) is 26.8 Å². The number of hydrogen-bond donors (Lipinski definition) is 2. The molecule has 1 aliphatic heterocycles. The average molecular weight is 507 g/mol. The highest BCUT2D eigenvalue weighted by atomic mass is 19.4. The minimum atomic E-state index is -4.75. The number of rotatable bonds is 7. The van der Waals surface area contributed by atoms with Gasteiger partial charge in [0.15, 0.2) is 11.4 Å². The smallest absolute Gasteiger partial charge is 0.406 e. The zero-order valence-corrected chi connectivity index (χ0v) is 18.1. The number of nitrogens with zero attached hydrogens (tertiary/aromatic N) is 2. The fourth-order valence-electron chi connectivity index (χ4n) is 3.70. The predicted molar refractivity (Wildman–Crippen MR) is 107 cm³/mol. The van der Waals surface area contributed by atoms with E-state index in [0.29, 0.717) is 17.0 Å². The van der Waals surface area contributed by atoms with E-state index >= 15 is 0 Å². The molecule has 14 heteroatoms. The van der Waals surface area contributed by atoms with E-state index in [1.54, 1.807) is 0 Å². The lowest BCUT2D eigenvalue weighted by atomic mass is 10.0. The molecule has 1 aromatic heterocycles. The maximum absolute atomic E-state index is 13.8. The number of aromatic nitrogens is 1. The quantitative estimate of drug-likeness (QED) is 0.561. The molecule has 0 saturated carbocycles. The van der Waals surface area contributed by atoms with Gasteiger partial charge in [-0.1, -0.05) is 0 Å². The van der Waals surface area contributed by atoms with E-state index in [1.165, 1.54) is 7.11 Å². The Hall–Kier alpha value is -3.55. The molecule has 0 bridgehead atoms. The Morgan fingerprint density at radius 3 is 2.40 bits per heavy atom. The Balaban J connectivity index is 1.97. The number of alkyl halides is 3. The third-order valence-electron chi connectivity index (χ3n) is 5.33. The number of carbonyl (C=O) groups is 2. The molecule has 8 nitrogen and oxygen atoms in total. The van der Waals surface area contributed by atoms with Gasteiger partial charge in [0.25, 0.3) is 11.8 Å². The van der Waals surface area contributed by atoms with Gasteiger partial charge < -0.3 is 24.6 Å². The van der Waals surface area contributed by atoms with Gasteiger partial charge in [-0.15, -0.1) is 0 Å². The summed E-state index contributed by atoms with van der Waals surface area (Å²) in [6.07, 6.45) is -3.81. The molecule has 0 aliphatic carbocycles. The topological polar surface area (TPSA) is 101 Å². The molecule has 0 unspecified atom stereocenters. The number of fused-ring (bicyclic) bond motifs is 1. The number of pyridine rings is 1. The molecule has 0 spiro atoms. The van der Waals surface area contributed by atoms with Gasteiger partial charge in [-0.05, 0) is 6.42 Å². The number of hydrogen-bond acceptors (Lipinski definition) is 5. The molecule has 0 fully saturated rings. The van der Waals surface area contributed by atoms with Crippen LogP contribution in [-0.2, 0) is 11.3 Å². The standard InChI is InChI=1S/C21H19F6N3O5/c1-35-3-2-11-7-29(9-21(25,26)27)20(34)16-18(32)17(31)13(8-30(11)16)19(33)28-6-12-14(23)4-10(22)5-15(12)24/h4-5,8,11,32H,2-3,6-7,9H2,1H3,(H,28,33)/t11-/m1/s1. The minimum Gasteiger partial charge on any atom is -0.503 e. The summed E-state index contributed by atoms with van der Waals surface area (Å²) in [4.78, 5) is 38.3. The van der Waals surface area contributed by atoms with Gasteiger partial charge in [-0.3, -0.25) is 14.4 Å². The first-order chi connectivity index (χ1) is 16.3. The van der Waals surface area contributed by atoms with Crippen LogP contribution >= 0.6 is 0 Å². The number of methoxy groups -OCH3 is 1. The number of carbonyl (C=O) groups excluding carboxylic acids is 2. The van der Waals surface area contributed by atoms with Crippen LogP contribution in [0.4, 0.5) is 26.3 Å². The zero-order chi connectivity index (χ0) is 26.1. The third kappa shape index (κ3) is 5.58. The summed E-state index contributed by atoms with van der Waals surface area (Å²) in [5, 5.41) is 12.4.